The fraction of sp³-hybridized carbons (Fsp3) is 0.357. The summed E-state index contributed by atoms with van der Waals surface area (Å²) in [7, 11) is 1.63. The molecule has 3 rings (SSSR count). The number of H-pyrrole nitrogens is 1. The summed E-state index contributed by atoms with van der Waals surface area (Å²) in [5, 5.41) is 11.4. The Morgan fingerprint density at radius 1 is 1.52 bits per heavy atom. The SMILES string of the molecule is COc1ccccc1/C=N\n1c(C2CCCO2)n[nH]c1=S. The van der Waals surface area contributed by atoms with E-state index < -0.39 is 0 Å². The van der Waals surface area contributed by atoms with Crippen molar-refractivity contribution in [2.75, 3.05) is 13.7 Å². The van der Waals surface area contributed by atoms with E-state index in [1.807, 2.05) is 24.3 Å². The van der Waals surface area contributed by atoms with Crippen molar-refractivity contribution in [3.8, 4) is 5.75 Å². The van der Waals surface area contributed by atoms with Gasteiger partial charge < -0.3 is 9.47 Å². The lowest BCUT2D eigenvalue weighted by atomic mass is 10.2. The number of para-hydroxylation sites is 1. The lowest BCUT2D eigenvalue weighted by Crippen LogP contribution is -2.05. The Hall–Kier alpha value is -1.99. The van der Waals surface area contributed by atoms with Crippen molar-refractivity contribution in [3.05, 3.63) is 40.4 Å². The first-order valence-electron chi connectivity index (χ1n) is 6.76. The average Bonchev–Trinajstić information content (AvgIpc) is 3.15. The molecule has 2 heterocycles. The minimum Gasteiger partial charge on any atom is -0.496 e. The molecule has 7 heteroatoms. The molecular formula is C14H16N4O2S. The molecule has 21 heavy (non-hydrogen) atoms. The molecule has 0 amide bonds. The van der Waals surface area contributed by atoms with Gasteiger partial charge in [-0.1, -0.05) is 12.1 Å². The summed E-state index contributed by atoms with van der Waals surface area (Å²) in [6, 6.07) is 7.66. The van der Waals surface area contributed by atoms with Crippen molar-refractivity contribution in [2.24, 2.45) is 5.10 Å². The highest BCUT2D eigenvalue weighted by molar-refractivity contribution is 7.71. The number of aromatic nitrogens is 3. The summed E-state index contributed by atoms with van der Waals surface area (Å²) in [5.41, 5.74) is 0.876. The van der Waals surface area contributed by atoms with Crippen LogP contribution in [0.2, 0.25) is 0 Å². The first-order valence-corrected chi connectivity index (χ1v) is 7.16. The third-order valence-corrected chi connectivity index (χ3v) is 3.61. The van der Waals surface area contributed by atoms with Crippen LogP contribution in [0.5, 0.6) is 5.75 Å². The summed E-state index contributed by atoms with van der Waals surface area (Å²) < 4.78 is 13.0. The Balaban J connectivity index is 1.92. The molecule has 1 fully saturated rings. The molecule has 1 aliphatic heterocycles. The fourth-order valence-electron chi connectivity index (χ4n) is 2.30. The standard InChI is InChI=1S/C14H16N4O2S/c1-19-11-6-3-2-5-10(11)9-15-18-13(16-17-14(18)21)12-7-4-8-20-12/h2-3,5-6,9,12H,4,7-8H2,1H3,(H,17,21)/b15-9-. The van der Waals surface area contributed by atoms with E-state index in [0.29, 0.717) is 10.6 Å². The van der Waals surface area contributed by atoms with Crippen LogP contribution >= 0.6 is 12.2 Å². The van der Waals surface area contributed by atoms with Crippen molar-refractivity contribution in [3.63, 3.8) is 0 Å². The van der Waals surface area contributed by atoms with E-state index in [4.69, 9.17) is 21.7 Å². The molecular weight excluding hydrogens is 288 g/mol. The molecule has 0 aliphatic carbocycles. The topological polar surface area (TPSA) is 64.4 Å². The maximum absolute atomic E-state index is 5.64. The number of benzene rings is 1. The van der Waals surface area contributed by atoms with Gasteiger partial charge in [0, 0.05) is 12.2 Å². The van der Waals surface area contributed by atoms with Gasteiger partial charge in [0.05, 0.1) is 13.3 Å². The summed E-state index contributed by atoms with van der Waals surface area (Å²) in [6.07, 6.45) is 3.63. The van der Waals surface area contributed by atoms with Crippen LogP contribution in [0.4, 0.5) is 0 Å². The van der Waals surface area contributed by atoms with Crippen LogP contribution in [-0.2, 0) is 4.74 Å². The Bertz CT molecular complexity index is 701. The summed E-state index contributed by atoms with van der Waals surface area (Å²) >= 11 is 5.23. The fourth-order valence-corrected chi connectivity index (χ4v) is 2.48. The average molecular weight is 304 g/mol. The number of nitrogens with one attached hydrogen (secondary N) is 1. The van der Waals surface area contributed by atoms with Crippen molar-refractivity contribution >= 4 is 18.4 Å². The Morgan fingerprint density at radius 2 is 2.38 bits per heavy atom. The normalized spacial score (nSPS) is 18.4. The number of hydrogen-bond donors (Lipinski definition) is 1. The second kappa shape index (κ2) is 6.19. The van der Waals surface area contributed by atoms with Crippen LogP contribution in [0.3, 0.4) is 0 Å². The van der Waals surface area contributed by atoms with Crippen LogP contribution in [0.25, 0.3) is 0 Å². The van der Waals surface area contributed by atoms with Gasteiger partial charge in [-0.2, -0.15) is 14.9 Å². The zero-order valence-electron chi connectivity index (χ0n) is 11.7. The van der Waals surface area contributed by atoms with Gasteiger partial charge in [-0.25, -0.2) is 0 Å². The molecule has 1 aromatic carbocycles. The number of aromatic amines is 1. The molecule has 6 nitrogen and oxygen atoms in total. The molecule has 110 valence electrons. The maximum atomic E-state index is 5.64. The largest absolute Gasteiger partial charge is 0.496 e. The van der Waals surface area contributed by atoms with Crippen LogP contribution in [0.1, 0.15) is 30.3 Å². The second-order valence-electron chi connectivity index (χ2n) is 4.69. The smallest absolute Gasteiger partial charge is 0.216 e. The van der Waals surface area contributed by atoms with E-state index in [1.165, 1.54) is 0 Å². The molecule has 1 unspecified atom stereocenters. The van der Waals surface area contributed by atoms with E-state index in [2.05, 4.69) is 15.3 Å². The first-order chi connectivity index (χ1) is 10.3. The van der Waals surface area contributed by atoms with Gasteiger partial charge in [0.25, 0.3) is 0 Å². The van der Waals surface area contributed by atoms with Gasteiger partial charge in [0.1, 0.15) is 11.9 Å². The van der Waals surface area contributed by atoms with E-state index in [-0.39, 0.29) is 6.10 Å². The number of ether oxygens (including phenoxy) is 2. The molecule has 1 saturated heterocycles. The van der Waals surface area contributed by atoms with Gasteiger partial charge in [-0.15, -0.1) is 0 Å². The second-order valence-corrected chi connectivity index (χ2v) is 5.07. The van der Waals surface area contributed by atoms with E-state index in [1.54, 1.807) is 18.0 Å². The summed E-state index contributed by atoms with van der Waals surface area (Å²) in [5.74, 6) is 1.47. The minimum atomic E-state index is -0.0484. The number of hydrogen-bond acceptors (Lipinski definition) is 5. The van der Waals surface area contributed by atoms with Gasteiger partial charge in [-0.05, 0) is 37.2 Å². The van der Waals surface area contributed by atoms with Gasteiger partial charge in [0.15, 0.2) is 5.82 Å². The van der Waals surface area contributed by atoms with Crippen LogP contribution in [0, 0.1) is 4.77 Å². The van der Waals surface area contributed by atoms with Gasteiger partial charge in [-0.3, -0.25) is 5.10 Å². The van der Waals surface area contributed by atoms with E-state index in [9.17, 15) is 0 Å². The molecule has 0 bridgehead atoms. The molecule has 1 atom stereocenters. The molecule has 1 aliphatic rings. The lowest BCUT2D eigenvalue weighted by molar-refractivity contribution is 0.102. The third-order valence-electron chi connectivity index (χ3n) is 3.34. The number of nitrogens with zero attached hydrogens (tertiary/aromatic N) is 3. The summed E-state index contributed by atoms with van der Waals surface area (Å²) in [6.45, 7) is 0.751. The van der Waals surface area contributed by atoms with Crippen LogP contribution < -0.4 is 4.74 Å². The molecule has 0 radical (unpaired) electrons. The van der Waals surface area contributed by atoms with Crippen molar-refractivity contribution < 1.29 is 9.47 Å². The van der Waals surface area contributed by atoms with Crippen molar-refractivity contribution in [2.45, 2.75) is 18.9 Å². The number of methoxy groups -OCH3 is 1. The summed E-state index contributed by atoms with van der Waals surface area (Å²) in [4.78, 5) is 0. The maximum Gasteiger partial charge on any atom is 0.216 e. The van der Waals surface area contributed by atoms with Gasteiger partial charge >= 0.3 is 0 Å². The lowest BCUT2D eigenvalue weighted by Gasteiger charge is -2.07. The molecule has 2 aromatic rings. The van der Waals surface area contributed by atoms with Crippen LogP contribution in [-0.4, -0.2) is 34.8 Å². The zero-order valence-corrected chi connectivity index (χ0v) is 12.5. The van der Waals surface area contributed by atoms with E-state index in [0.717, 1.165) is 30.8 Å². The minimum absolute atomic E-state index is 0.0484. The molecule has 0 spiro atoms. The van der Waals surface area contributed by atoms with Crippen molar-refractivity contribution in [1.82, 2.24) is 14.9 Å². The van der Waals surface area contributed by atoms with E-state index >= 15 is 0 Å². The molecule has 0 saturated carbocycles. The zero-order chi connectivity index (χ0) is 14.7. The van der Waals surface area contributed by atoms with Gasteiger partial charge in [0.2, 0.25) is 4.77 Å². The molecule has 1 aromatic heterocycles. The Kier molecular flexibility index (Phi) is 4.12. The highest BCUT2D eigenvalue weighted by Gasteiger charge is 2.23. The quantitative estimate of drug-likeness (QED) is 0.697. The third kappa shape index (κ3) is 2.88. The Labute approximate surface area is 127 Å². The predicted molar refractivity (Wildman–Crippen MR) is 81.3 cm³/mol. The predicted octanol–water partition coefficient (Wildman–Crippen LogP) is 2.68. The number of rotatable bonds is 4. The first kappa shape index (κ1) is 14.0. The highest BCUT2D eigenvalue weighted by atomic mass is 32.1. The van der Waals surface area contributed by atoms with Crippen molar-refractivity contribution in [1.29, 1.82) is 0 Å². The monoisotopic (exact) mass is 304 g/mol. The highest BCUT2D eigenvalue weighted by Crippen LogP contribution is 2.27. The Morgan fingerprint density at radius 3 is 3.14 bits per heavy atom. The van der Waals surface area contributed by atoms with Crippen LogP contribution in [0.15, 0.2) is 29.4 Å². The molecule has 1 N–H and O–H groups in total.